The molecule has 4 rings (SSSR count). The van der Waals surface area contributed by atoms with Crippen LogP contribution in [-0.4, -0.2) is 41.8 Å². The number of rotatable bonds is 4. The molecule has 2 heterocycles. The monoisotopic (exact) mass is 403 g/mol. The minimum Gasteiger partial charge on any atom is -0.377 e. The van der Waals surface area contributed by atoms with Gasteiger partial charge in [-0.3, -0.25) is 0 Å². The van der Waals surface area contributed by atoms with Crippen LogP contribution in [0, 0.1) is 6.92 Å². The highest BCUT2D eigenvalue weighted by Crippen LogP contribution is 2.24. The number of carbonyl (C=O) groups is 1. The van der Waals surface area contributed by atoms with E-state index in [0.29, 0.717) is 24.7 Å². The molecular weight excluding hydrogens is 378 g/mol. The van der Waals surface area contributed by atoms with Gasteiger partial charge in [-0.2, -0.15) is 0 Å². The van der Waals surface area contributed by atoms with Gasteiger partial charge < -0.3 is 20.3 Å². The molecule has 2 aromatic carbocycles. The van der Waals surface area contributed by atoms with Crippen molar-refractivity contribution in [3.8, 4) is 11.4 Å². The van der Waals surface area contributed by atoms with Crippen LogP contribution < -0.4 is 15.5 Å². The number of benzene rings is 2. The maximum atomic E-state index is 12.2. The lowest BCUT2D eigenvalue weighted by Gasteiger charge is -2.34. The van der Waals surface area contributed by atoms with Gasteiger partial charge in [0.05, 0.1) is 19.3 Å². The molecule has 154 valence electrons. The van der Waals surface area contributed by atoms with E-state index >= 15 is 0 Å². The number of nitrogens with zero attached hydrogens (tertiary/aromatic N) is 3. The summed E-state index contributed by atoms with van der Waals surface area (Å²) in [5.74, 6) is 1.58. The predicted molar refractivity (Wildman–Crippen MR) is 119 cm³/mol. The molecule has 1 fully saturated rings. The van der Waals surface area contributed by atoms with Gasteiger partial charge in [-0.25, -0.2) is 14.8 Å². The van der Waals surface area contributed by atoms with E-state index in [1.807, 2.05) is 67.6 Å². The van der Waals surface area contributed by atoms with Crippen molar-refractivity contribution >= 4 is 23.2 Å². The second kappa shape index (κ2) is 8.92. The van der Waals surface area contributed by atoms with Gasteiger partial charge in [0.1, 0.15) is 5.82 Å². The van der Waals surface area contributed by atoms with Gasteiger partial charge in [0.25, 0.3) is 0 Å². The molecule has 0 aliphatic carbocycles. The molecule has 0 bridgehead atoms. The molecule has 1 aromatic heterocycles. The fourth-order valence-electron chi connectivity index (χ4n) is 3.41. The van der Waals surface area contributed by atoms with Gasteiger partial charge >= 0.3 is 6.03 Å². The van der Waals surface area contributed by atoms with Crippen LogP contribution in [0.1, 0.15) is 12.6 Å². The Kier molecular flexibility index (Phi) is 5.90. The Labute approximate surface area is 176 Å². The van der Waals surface area contributed by atoms with Gasteiger partial charge in [-0.15, -0.1) is 0 Å². The van der Waals surface area contributed by atoms with Crippen molar-refractivity contribution in [1.29, 1.82) is 0 Å². The van der Waals surface area contributed by atoms with Crippen LogP contribution in [0.25, 0.3) is 11.4 Å². The summed E-state index contributed by atoms with van der Waals surface area (Å²) in [6, 6.07) is 18.9. The van der Waals surface area contributed by atoms with Gasteiger partial charge in [-0.05, 0) is 50.2 Å². The summed E-state index contributed by atoms with van der Waals surface area (Å²) in [4.78, 5) is 23.8. The number of anilines is 3. The molecule has 1 saturated heterocycles. The molecule has 7 heteroatoms. The highest BCUT2D eigenvalue weighted by atomic mass is 16.5. The summed E-state index contributed by atoms with van der Waals surface area (Å²) in [7, 11) is 0. The van der Waals surface area contributed by atoms with E-state index in [2.05, 4.69) is 27.4 Å². The van der Waals surface area contributed by atoms with E-state index in [1.165, 1.54) is 0 Å². The van der Waals surface area contributed by atoms with Crippen molar-refractivity contribution in [2.75, 3.05) is 35.3 Å². The number of nitrogens with one attached hydrogen (secondary N) is 2. The quantitative estimate of drug-likeness (QED) is 0.678. The highest BCUT2D eigenvalue weighted by molar-refractivity contribution is 5.99. The summed E-state index contributed by atoms with van der Waals surface area (Å²) >= 11 is 0. The zero-order valence-electron chi connectivity index (χ0n) is 17.1. The SMILES string of the molecule is Cc1cc(N2CCOC[C@@H]2C)nc(-c2ccc(NC(=O)Nc3ccccc3)cc2)n1. The second-order valence-electron chi connectivity index (χ2n) is 7.33. The predicted octanol–water partition coefficient (Wildman–Crippen LogP) is 4.32. The molecule has 7 nitrogen and oxygen atoms in total. The first-order chi connectivity index (χ1) is 14.6. The third-order valence-corrected chi connectivity index (χ3v) is 4.94. The Morgan fingerprint density at radius 2 is 1.73 bits per heavy atom. The van der Waals surface area contributed by atoms with Crippen LogP contribution in [0.2, 0.25) is 0 Å². The van der Waals surface area contributed by atoms with Crippen molar-refractivity contribution in [3.05, 3.63) is 66.4 Å². The van der Waals surface area contributed by atoms with E-state index in [-0.39, 0.29) is 12.1 Å². The fourth-order valence-corrected chi connectivity index (χ4v) is 3.41. The Morgan fingerprint density at radius 3 is 2.43 bits per heavy atom. The number of hydrogen-bond acceptors (Lipinski definition) is 5. The maximum Gasteiger partial charge on any atom is 0.323 e. The summed E-state index contributed by atoms with van der Waals surface area (Å²) in [6.45, 7) is 6.33. The summed E-state index contributed by atoms with van der Waals surface area (Å²) in [5.41, 5.74) is 3.25. The minimum absolute atomic E-state index is 0.274. The number of ether oxygens (including phenoxy) is 1. The minimum atomic E-state index is -0.288. The average Bonchev–Trinajstić information content (AvgIpc) is 2.75. The fraction of sp³-hybridized carbons (Fsp3) is 0.261. The van der Waals surface area contributed by atoms with Crippen LogP contribution in [0.15, 0.2) is 60.7 Å². The number of para-hydroxylation sites is 1. The van der Waals surface area contributed by atoms with Crippen molar-refractivity contribution in [1.82, 2.24) is 9.97 Å². The molecule has 0 radical (unpaired) electrons. The van der Waals surface area contributed by atoms with Crippen molar-refractivity contribution in [3.63, 3.8) is 0 Å². The normalized spacial score (nSPS) is 16.2. The standard InChI is InChI=1S/C23H25N5O2/c1-16-14-21(28-12-13-30-15-17(28)2)27-22(24-16)18-8-10-20(11-9-18)26-23(29)25-19-6-4-3-5-7-19/h3-11,14,17H,12-13,15H2,1-2H3,(H2,25,26,29)/t17-/m0/s1. The molecule has 1 aliphatic rings. The zero-order valence-corrected chi connectivity index (χ0v) is 17.1. The molecule has 2 N–H and O–H groups in total. The first kappa shape index (κ1) is 19.8. The molecule has 2 amide bonds. The maximum absolute atomic E-state index is 12.2. The summed E-state index contributed by atoms with van der Waals surface area (Å²) in [6.07, 6.45) is 0. The largest absolute Gasteiger partial charge is 0.377 e. The molecule has 1 atom stereocenters. The van der Waals surface area contributed by atoms with Gasteiger partial charge in [0.15, 0.2) is 5.82 Å². The van der Waals surface area contributed by atoms with E-state index in [0.717, 1.165) is 29.3 Å². The molecule has 3 aromatic rings. The lowest BCUT2D eigenvalue weighted by Crippen LogP contribution is -2.44. The number of carbonyl (C=O) groups excluding carboxylic acids is 1. The third kappa shape index (κ3) is 4.75. The Hall–Kier alpha value is -3.45. The molecule has 0 spiro atoms. The van der Waals surface area contributed by atoms with Crippen LogP contribution >= 0.6 is 0 Å². The number of aromatic nitrogens is 2. The number of morpholine rings is 1. The first-order valence-electron chi connectivity index (χ1n) is 10.0. The van der Waals surface area contributed by atoms with Crippen LogP contribution in [0.4, 0.5) is 22.0 Å². The smallest absolute Gasteiger partial charge is 0.323 e. The van der Waals surface area contributed by atoms with E-state index in [4.69, 9.17) is 9.72 Å². The lowest BCUT2D eigenvalue weighted by molar-refractivity contribution is 0.0985. The molecule has 1 aliphatic heterocycles. The van der Waals surface area contributed by atoms with E-state index < -0.39 is 0 Å². The van der Waals surface area contributed by atoms with Crippen LogP contribution in [-0.2, 0) is 4.74 Å². The lowest BCUT2D eigenvalue weighted by atomic mass is 10.2. The van der Waals surface area contributed by atoms with E-state index in [9.17, 15) is 4.79 Å². The number of amides is 2. The Bertz CT molecular complexity index is 1010. The van der Waals surface area contributed by atoms with Crippen molar-refractivity contribution in [2.24, 2.45) is 0 Å². The van der Waals surface area contributed by atoms with Crippen molar-refractivity contribution < 1.29 is 9.53 Å². The highest BCUT2D eigenvalue weighted by Gasteiger charge is 2.21. The summed E-state index contributed by atoms with van der Waals surface area (Å²) < 4.78 is 5.54. The number of aryl methyl sites for hydroxylation is 1. The van der Waals surface area contributed by atoms with Crippen molar-refractivity contribution in [2.45, 2.75) is 19.9 Å². The van der Waals surface area contributed by atoms with Gasteiger partial charge in [0, 0.05) is 35.2 Å². The molecule has 30 heavy (non-hydrogen) atoms. The molecular formula is C23H25N5O2. The second-order valence-corrected chi connectivity index (χ2v) is 7.33. The molecule has 0 unspecified atom stereocenters. The first-order valence-corrected chi connectivity index (χ1v) is 10.0. The average molecular weight is 403 g/mol. The van der Waals surface area contributed by atoms with Crippen LogP contribution in [0.3, 0.4) is 0 Å². The molecule has 0 saturated carbocycles. The van der Waals surface area contributed by atoms with E-state index in [1.54, 1.807) is 0 Å². The topological polar surface area (TPSA) is 79.4 Å². The summed E-state index contributed by atoms with van der Waals surface area (Å²) in [5, 5.41) is 5.64. The number of urea groups is 1. The van der Waals surface area contributed by atoms with Gasteiger partial charge in [-0.1, -0.05) is 18.2 Å². The Balaban J connectivity index is 1.48. The number of hydrogen-bond donors (Lipinski definition) is 2. The zero-order chi connectivity index (χ0) is 20.9. The van der Waals surface area contributed by atoms with Crippen LogP contribution in [0.5, 0.6) is 0 Å². The van der Waals surface area contributed by atoms with Gasteiger partial charge in [0.2, 0.25) is 0 Å². The third-order valence-electron chi connectivity index (χ3n) is 4.94. The Morgan fingerprint density at radius 1 is 1.03 bits per heavy atom.